The SMILES string of the molecule is CC1SCC(C(O)Cc2cc(F)cc(Br)c2)SC1C. The minimum Gasteiger partial charge on any atom is -0.392 e. The van der Waals surface area contributed by atoms with Gasteiger partial charge in [-0.25, -0.2) is 4.39 Å². The normalized spacial score (nSPS) is 29.2. The molecular weight excluding hydrogens is 347 g/mol. The molecule has 1 aliphatic rings. The summed E-state index contributed by atoms with van der Waals surface area (Å²) in [5.74, 6) is 0.706. The van der Waals surface area contributed by atoms with Crippen LogP contribution in [0.1, 0.15) is 19.4 Å². The summed E-state index contributed by atoms with van der Waals surface area (Å²) in [5.41, 5.74) is 0.844. The molecule has 1 N–H and O–H groups in total. The zero-order chi connectivity index (χ0) is 14.0. The Morgan fingerprint density at radius 1 is 1.37 bits per heavy atom. The number of halogens is 2. The van der Waals surface area contributed by atoms with Gasteiger partial charge in [0, 0.05) is 26.0 Å². The molecule has 1 aliphatic heterocycles. The fourth-order valence-corrected chi connectivity index (χ4v) is 5.64. The van der Waals surface area contributed by atoms with E-state index in [1.165, 1.54) is 12.1 Å². The molecule has 0 aromatic heterocycles. The van der Waals surface area contributed by atoms with Crippen LogP contribution in [-0.2, 0) is 6.42 Å². The summed E-state index contributed by atoms with van der Waals surface area (Å²) in [6.45, 7) is 4.44. The molecule has 0 saturated carbocycles. The highest BCUT2D eigenvalue weighted by Gasteiger charge is 2.30. The first-order valence-electron chi connectivity index (χ1n) is 6.36. The number of aliphatic hydroxyl groups excluding tert-OH is 1. The summed E-state index contributed by atoms with van der Waals surface area (Å²) in [5, 5.41) is 11.8. The third-order valence-corrected chi connectivity index (χ3v) is 7.36. The molecule has 1 aromatic rings. The second-order valence-electron chi connectivity index (χ2n) is 4.97. The van der Waals surface area contributed by atoms with Gasteiger partial charge in [-0.1, -0.05) is 29.8 Å². The van der Waals surface area contributed by atoms with Crippen molar-refractivity contribution in [3.05, 3.63) is 34.1 Å². The van der Waals surface area contributed by atoms with Gasteiger partial charge in [0.05, 0.1) is 6.10 Å². The van der Waals surface area contributed by atoms with E-state index in [1.807, 2.05) is 29.6 Å². The predicted molar refractivity (Wildman–Crippen MR) is 86.6 cm³/mol. The molecule has 0 bridgehead atoms. The number of aliphatic hydroxyl groups is 1. The van der Waals surface area contributed by atoms with E-state index in [0.29, 0.717) is 16.9 Å². The molecule has 1 fully saturated rings. The van der Waals surface area contributed by atoms with Gasteiger partial charge >= 0.3 is 0 Å². The molecule has 1 heterocycles. The maximum Gasteiger partial charge on any atom is 0.124 e. The van der Waals surface area contributed by atoms with E-state index < -0.39 is 6.10 Å². The Morgan fingerprint density at radius 3 is 2.74 bits per heavy atom. The molecule has 106 valence electrons. The second-order valence-corrected chi connectivity index (χ2v) is 8.91. The van der Waals surface area contributed by atoms with Gasteiger partial charge in [0.2, 0.25) is 0 Å². The molecule has 0 radical (unpaired) electrons. The summed E-state index contributed by atoms with van der Waals surface area (Å²) < 4.78 is 14.0. The zero-order valence-corrected chi connectivity index (χ0v) is 14.2. The molecule has 0 spiro atoms. The smallest absolute Gasteiger partial charge is 0.124 e. The van der Waals surface area contributed by atoms with Crippen molar-refractivity contribution in [2.75, 3.05) is 5.75 Å². The third-order valence-electron chi connectivity index (χ3n) is 3.37. The Bertz CT molecular complexity index is 423. The van der Waals surface area contributed by atoms with Gasteiger partial charge in [-0.2, -0.15) is 23.5 Å². The quantitative estimate of drug-likeness (QED) is 0.870. The van der Waals surface area contributed by atoms with E-state index >= 15 is 0 Å². The second kappa shape index (κ2) is 6.83. The number of hydrogen-bond donors (Lipinski definition) is 1. The maximum atomic E-state index is 13.3. The van der Waals surface area contributed by atoms with Gasteiger partial charge in [0.1, 0.15) is 5.82 Å². The Labute approximate surface area is 130 Å². The molecule has 4 atom stereocenters. The number of benzene rings is 1. The van der Waals surface area contributed by atoms with Crippen LogP contribution < -0.4 is 0 Å². The van der Waals surface area contributed by atoms with Crippen molar-refractivity contribution in [3.63, 3.8) is 0 Å². The van der Waals surface area contributed by atoms with Gasteiger partial charge in [0.15, 0.2) is 0 Å². The van der Waals surface area contributed by atoms with Crippen molar-refractivity contribution >= 4 is 39.5 Å². The summed E-state index contributed by atoms with van der Waals surface area (Å²) in [4.78, 5) is 0. The first-order chi connectivity index (χ1) is 8.95. The monoisotopic (exact) mass is 364 g/mol. The van der Waals surface area contributed by atoms with Crippen molar-refractivity contribution < 1.29 is 9.50 Å². The molecule has 5 heteroatoms. The lowest BCUT2D eigenvalue weighted by molar-refractivity contribution is 0.177. The van der Waals surface area contributed by atoms with Crippen molar-refractivity contribution in [3.8, 4) is 0 Å². The molecule has 0 aliphatic carbocycles. The maximum absolute atomic E-state index is 13.3. The average Bonchev–Trinajstić information content (AvgIpc) is 2.31. The molecule has 4 unspecified atom stereocenters. The Morgan fingerprint density at radius 2 is 2.11 bits per heavy atom. The van der Waals surface area contributed by atoms with Crippen molar-refractivity contribution in [1.29, 1.82) is 0 Å². The molecule has 1 nitrogen and oxygen atoms in total. The van der Waals surface area contributed by atoms with Gasteiger partial charge in [-0.05, 0) is 30.2 Å². The fraction of sp³-hybridized carbons (Fsp3) is 0.571. The largest absolute Gasteiger partial charge is 0.392 e. The van der Waals surface area contributed by atoms with Crippen LogP contribution in [0.15, 0.2) is 22.7 Å². The number of thioether (sulfide) groups is 2. The van der Waals surface area contributed by atoms with E-state index in [2.05, 4.69) is 29.8 Å². The fourth-order valence-electron chi connectivity index (χ4n) is 2.11. The molecule has 1 aromatic carbocycles. The van der Waals surface area contributed by atoms with Crippen molar-refractivity contribution in [1.82, 2.24) is 0 Å². The van der Waals surface area contributed by atoms with Crippen LogP contribution in [0.5, 0.6) is 0 Å². The molecule has 2 rings (SSSR count). The van der Waals surface area contributed by atoms with Gasteiger partial charge in [-0.15, -0.1) is 0 Å². The Kier molecular flexibility index (Phi) is 5.64. The minimum atomic E-state index is -0.416. The topological polar surface area (TPSA) is 20.2 Å². The van der Waals surface area contributed by atoms with Crippen molar-refractivity contribution in [2.24, 2.45) is 0 Å². The summed E-state index contributed by atoms with van der Waals surface area (Å²) in [7, 11) is 0. The highest BCUT2D eigenvalue weighted by molar-refractivity contribution is 9.10. The molecule has 1 saturated heterocycles. The first-order valence-corrected chi connectivity index (χ1v) is 9.14. The van der Waals surface area contributed by atoms with Crippen LogP contribution >= 0.6 is 39.5 Å². The zero-order valence-electron chi connectivity index (χ0n) is 11.0. The van der Waals surface area contributed by atoms with E-state index in [0.717, 1.165) is 15.8 Å². The lowest BCUT2D eigenvalue weighted by Crippen LogP contribution is -2.35. The van der Waals surface area contributed by atoms with Crippen LogP contribution in [0, 0.1) is 5.82 Å². The third kappa shape index (κ3) is 4.38. The Hall–Kier alpha value is 0.290. The molecule has 0 amide bonds. The molecule has 19 heavy (non-hydrogen) atoms. The van der Waals surface area contributed by atoms with Crippen molar-refractivity contribution in [2.45, 2.75) is 42.1 Å². The minimum absolute atomic E-state index is 0.234. The van der Waals surface area contributed by atoms with Gasteiger partial charge in [0.25, 0.3) is 0 Å². The van der Waals surface area contributed by atoms with E-state index in [4.69, 9.17) is 0 Å². The molecular formula is C14H18BrFOS2. The van der Waals surface area contributed by atoms with Gasteiger partial charge in [-0.3, -0.25) is 0 Å². The van der Waals surface area contributed by atoms with E-state index in [1.54, 1.807) is 0 Å². The van der Waals surface area contributed by atoms with Gasteiger partial charge < -0.3 is 5.11 Å². The number of rotatable bonds is 3. The standard InChI is InChI=1S/C14H18BrFOS2/c1-8-9(2)19-14(7-18-8)13(17)5-10-3-11(15)6-12(16)4-10/h3-4,6,8-9,13-14,17H,5,7H2,1-2H3. The highest BCUT2D eigenvalue weighted by atomic mass is 79.9. The predicted octanol–water partition coefficient (Wildman–Crippen LogP) is 4.12. The lowest BCUT2D eigenvalue weighted by Gasteiger charge is -2.33. The van der Waals surface area contributed by atoms with Crippen LogP contribution in [0.4, 0.5) is 4.39 Å². The summed E-state index contributed by atoms with van der Waals surface area (Å²) >= 11 is 7.05. The highest BCUT2D eigenvalue weighted by Crippen LogP contribution is 2.37. The van der Waals surface area contributed by atoms with E-state index in [-0.39, 0.29) is 11.1 Å². The first kappa shape index (κ1) is 15.7. The van der Waals surface area contributed by atoms with Crippen LogP contribution in [-0.4, -0.2) is 32.7 Å². The number of hydrogen-bond acceptors (Lipinski definition) is 3. The van der Waals surface area contributed by atoms with E-state index in [9.17, 15) is 9.50 Å². The average molecular weight is 365 g/mol. The van der Waals surface area contributed by atoms with Crippen LogP contribution in [0.2, 0.25) is 0 Å². The van der Waals surface area contributed by atoms with Crippen LogP contribution in [0.25, 0.3) is 0 Å². The lowest BCUT2D eigenvalue weighted by atomic mass is 10.1. The van der Waals surface area contributed by atoms with Crippen LogP contribution in [0.3, 0.4) is 0 Å². The summed E-state index contributed by atoms with van der Waals surface area (Å²) in [6.07, 6.45) is 0.0940. The Balaban J connectivity index is 1.98. The summed E-state index contributed by atoms with van der Waals surface area (Å²) in [6, 6.07) is 4.81.